The summed E-state index contributed by atoms with van der Waals surface area (Å²) in [5.41, 5.74) is 0.408. The first-order valence-corrected chi connectivity index (χ1v) is 7.21. The summed E-state index contributed by atoms with van der Waals surface area (Å²) in [7, 11) is 0. The third-order valence-corrected chi connectivity index (χ3v) is 6.06. The maximum absolute atomic E-state index is 11.5. The Kier molecular flexibility index (Phi) is 3.33. The van der Waals surface area contributed by atoms with Crippen LogP contribution in [0, 0.1) is 22.7 Å². The average molecular weight is 250 g/mol. The molecule has 2 saturated carbocycles. The number of carbonyl (C=O) groups excluding carboxylic acids is 1. The lowest BCUT2D eigenvalue weighted by atomic mass is 9.64. The molecule has 18 heavy (non-hydrogen) atoms. The summed E-state index contributed by atoms with van der Waals surface area (Å²) >= 11 is 0. The highest BCUT2D eigenvalue weighted by Crippen LogP contribution is 2.69. The van der Waals surface area contributed by atoms with Gasteiger partial charge in [0.1, 0.15) is 6.10 Å². The van der Waals surface area contributed by atoms with E-state index in [0.717, 1.165) is 6.42 Å². The van der Waals surface area contributed by atoms with Gasteiger partial charge in [-0.3, -0.25) is 0 Å². The average Bonchev–Trinajstić information content (AvgIpc) is 2.61. The largest absolute Gasteiger partial charge is 0.459 e. The van der Waals surface area contributed by atoms with Crippen molar-refractivity contribution >= 4 is 5.97 Å². The topological polar surface area (TPSA) is 26.3 Å². The van der Waals surface area contributed by atoms with Crippen molar-refractivity contribution in [3.05, 3.63) is 12.7 Å². The SMILES string of the molecule is C=CC(=O)OC1CC2CC(CCC)C1(C)C2(C)C. The molecule has 0 aliphatic heterocycles. The van der Waals surface area contributed by atoms with Crippen LogP contribution in [0.2, 0.25) is 0 Å². The highest BCUT2D eigenvalue weighted by Gasteiger charge is 2.66. The second-order valence-electron chi connectivity index (χ2n) is 6.79. The lowest BCUT2D eigenvalue weighted by molar-refractivity contribution is -0.153. The van der Waals surface area contributed by atoms with E-state index in [-0.39, 0.29) is 22.9 Å². The number of hydrogen-bond donors (Lipinski definition) is 0. The zero-order chi connectivity index (χ0) is 13.6. The highest BCUT2D eigenvalue weighted by atomic mass is 16.5. The second kappa shape index (κ2) is 4.40. The molecule has 0 amide bonds. The molecule has 4 unspecified atom stereocenters. The molecule has 2 rings (SSSR count). The van der Waals surface area contributed by atoms with E-state index in [4.69, 9.17) is 4.74 Å². The maximum Gasteiger partial charge on any atom is 0.330 e. The summed E-state index contributed by atoms with van der Waals surface area (Å²) in [5.74, 6) is 1.13. The Hall–Kier alpha value is -0.790. The fourth-order valence-electron chi connectivity index (χ4n) is 4.55. The van der Waals surface area contributed by atoms with Crippen molar-refractivity contribution in [2.45, 2.75) is 59.5 Å². The van der Waals surface area contributed by atoms with Crippen LogP contribution in [0.25, 0.3) is 0 Å². The molecule has 0 aromatic heterocycles. The number of ether oxygens (including phenoxy) is 1. The molecule has 2 heteroatoms. The molecule has 0 aromatic rings. The van der Waals surface area contributed by atoms with Crippen LogP contribution < -0.4 is 0 Å². The number of rotatable bonds is 4. The van der Waals surface area contributed by atoms with Gasteiger partial charge in [-0.15, -0.1) is 0 Å². The Bertz CT molecular complexity index is 358. The lowest BCUT2D eigenvalue weighted by Crippen LogP contribution is -2.43. The molecule has 0 aromatic carbocycles. The smallest absolute Gasteiger partial charge is 0.330 e. The van der Waals surface area contributed by atoms with Gasteiger partial charge in [0.15, 0.2) is 0 Å². The van der Waals surface area contributed by atoms with E-state index in [1.807, 2.05) is 0 Å². The first-order chi connectivity index (χ1) is 8.37. The molecule has 0 radical (unpaired) electrons. The second-order valence-corrected chi connectivity index (χ2v) is 6.79. The van der Waals surface area contributed by atoms with Crippen LogP contribution in [-0.4, -0.2) is 12.1 Å². The van der Waals surface area contributed by atoms with Crippen molar-refractivity contribution in [1.82, 2.24) is 0 Å². The molecule has 0 N–H and O–H groups in total. The molecule has 102 valence electrons. The van der Waals surface area contributed by atoms with E-state index < -0.39 is 0 Å². The summed E-state index contributed by atoms with van der Waals surface area (Å²) in [6.45, 7) is 12.8. The van der Waals surface area contributed by atoms with E-state index in [9.17, 15) is 4.79 Å². The van der Waals surface area contributed by atoms with Crippen LogP contribution in [0.3, 0.4) is 0 Å². The Labute approximate surface area is 111 Å². The molecule has 0 heterocycles. The van der Waals surface area contributed by atoms with Crippen molar-refractivity contribution in [2.75, 3.05) is 0 Å². The summed E-state index contributed by atoms with van der Waals surface area (Å²) in [6, 6.07) is 0. The molecule has 2 aliphatic rings. The molecule has 4 atom stereocenters. The minimum atomic E-state index is -0.264. The number of esters is 1. The maximum atomic E-state index is 11.5. The molecule has 0 saturated heterocycles. The fraction of sp³-hybridized carbons (Fsp3) is 0.812. The summed E-state index contributed by atoms with van der Waals surface area (Å²) in [6.07, 6.45) is 6.16. The Balaban J connectivity index is 2.25. The highest BCUT2D eigenvalue weighted by molar-refractivity contribution is 5.81. The van der Waals surface area contributed by atoms with Crippen LogP contribution in [-0.2, 0) is 9.53 Å². The van der Waals surface area contributed by atoms with Crippen molar-refractivity contribution in [2.24, 2.45) is 22.7 Å². The minimum Gasteiger partial charge on any atom is -0.459 e. The van der Waals surface area contributed by atoms with Crippen molar-refractivity contribution in [3.63, 3.8) is 0 Å². The van der Waals surface area contributed by atoms with Gasteiger partial charge in [0.2, 0.25) is 0 Å². The molecule has 0 spiro atoms. The van der Waals surface area contributed by atoms with E-state index in [2.05, 4.69) is 34.3 Å². The monoisotopic (exact) mass is 250 g/mol. The first-order valence-electron chi connectivity index (χ1n) is 7.21. The third kappa shape index (κ3) is 1.64. The van der Waals surface area contributed by atoms with Crippen LogP contribution in [0.5, 0.6) is 0 Å². The van der Waals surface area contributed by atoms with E-state index in [1.165, 1.54) is 25.3 Å². The van der Waals surface area contributed by atoms with Gasteiger partial charge in [-0.25, -0.2) is 4.79 Å². The fourth-order valence-corrected chi connectivity index (χ4v) is 4.55. The predicted molar refractivity (Wildman–Crippen MR) is 73.1 cm³/mol. The quantitative estimate of drug-likeness (QED) is 0.557. The van der Waals surface area contributed by atoms with Crippen molar-refractivity contribution in [3.8, 4) is 0 Å². The van der Waals surface area contributed by atoms with Crippen LogP contribution in [0.4, 0.5) is 0 Å². The number of fused-ring (bicyclic) bond motifs is 2. The van der Waals surface area contributed by atoms with E-state index in [1.54, 1.807) is 0 Å². The van der Waals surface area contributed by atoms with Gasteiger partial charge in [0.05, 0.1) is 0 Å². The first kappa shape index (κ1) is 13.6. The normalized spacial score (nSPS) is 40.8. The molecule has 2 aliphatic carbocycles. The number of carbonyl (C=O) groups is 1. The van der Waals surface area contributed by atoms with Crippen molar-refractivity contribution in [1.29, 1.82) is 0 Å². The van der Waals surface area contributed by atoms with Gasteiger partial charge in [0.25, 0.3) is 0 Å². The van der Waals surface area contributed by atoms with Crippen molar-refractivity contribution < 1.29 is 9.53 Å². The van der Waals surface area contributed by atoms with Crippen LogP contribution in [0.15, 0.2) is 12.7 Å². The summed E-state index contributed by atoms with van der Waals surface area (Å²) in [5, 5.41) is 0. The van der Waals surface area contributed by atoms with Gasteiger partial charge < -0.3 is 4.74 Å². The molecule has 2 fully saturated rings. The standard InChI is InChI=1S/C16H26O2/c1-6-8-11-9-12-10-13(18-14(17)7-2)16(11,5)15(12,3)4/h7,11-13H,2,6,8-10H2,1,3-5H3. The van der Waals surface area contributed by atoms with Crippen LogP contribution in [0.1, 0.15) is 53.4 Å². The molecular weight excluding hydrogens is 224 g/mol. The summed E-state index contributed by atoms with van der Waals surface area (Å²) in [4.78, 5) is 11.5. The van der Waals surface area contributed by atoms with E-state index in [0.29, 0.717) is 11.8 Å². The predicted octanol–water partition coefficient (Wildman–Crippen LogP) is 3.96. The van der Waals surface area contributed by atoms with Gasteiger partial charge >= 0.3 is 5.97 Å². The van der Waals surface area contributed by atoms with E-state index >= 15 is 0 Å². The molecular formula is C16H26O2. The van der Waals surface area contributed by atoms with Gasteiger partial charge in [-0.2, -0.15) is 0 Å². The van der Waals surface area contributed by atoms with Gasteiger partial charge in [-0.05, 0) is 30.1 Å². The van der Waals surface area contributed by atoms with Gasteiger partial charge in [-0.1, -0.05) is 47.1 Å². The number of hydrogen-bond acceptors (Lipinski definition) is 2. The van der Waals surface area contributed by atoms with Crippen LogP contribution >= 0.6 is 0 Å². The lowest BCUT2D eigenvalue weighted by Gasteiger charge is -2.43. The zero-order valence-electron chi connectivity index (χ0n) is 12.2. The Morgan fingerprint density at radius 1 is 1.39 bits per heavy atom. The molecule has 2 nitrogen and oxygen atoms in total. The zero-order valence-corrected chi connectivity index (χ0v) is 12.2. The minimum absolute atomic E-state index is 0.0771. The summed E-state index contributed by atoms with van der Waals surface area (Å²) < 4.78 is 5.65. The Morgan fingerprint density at radius 3 is 2.56 bits per heavy atom. The third-order valence-electron chi connectivity index (χ3n) is 6.06. The Morgan fingerprint density at radius 2 is 2.06 bits per heavy atom. The van der Waals surface area contributed by atoms with Gasteiger partial charge in [0, 0.05) is 11.5 Å². The molecule has 2 bridgehead atoms.